The van der Waals surface area contributed by atoms with Crippen molar-refractivity contribution in [2.75, 3.05) is 0 Å². The lowest BCUT2D eigenvalue weighted by atomic mass is 9.94. The van der Waals surface area contributed by atoms with E-state index >= 15 is 0 Å². The second-order valence-corrected chi connectivity index (χ2v) is 13.0. The van der Waals surface area contributed by atoms with Crippen LogP contribution in [0.15, 0.2) is 23.1 Å². The van der Waals surface area contributed by atoms with Crippen LogP contribution in [0.5, 0.6) is 0 Å². The van der Waals surface area contributed by atoms with E-state index in [1.54, 1.807) is 6.07 Å². The number of aryl methyl sites for hydroxylation is 2. The van der Waals surface area contributed by atoms with E-state index in [1.807, 2.05) is 0 Å². The normalized spacial score (nSPS) is 13.8. The van der Waals surface area contributed by atoms with E-state index in [4.69, 9.17) is 10.7 Å². The van der Waals surface area contributed by atoms with Crippen molar-refractivity contribution >= 4 is 21.2 Å². The Kier molecular flexibility index (Phi) is 14.9. The number of unbranched alkanes of at least 4 members (excludes halogenated alkanes) is 15. The zero-order chi connectivity index (χ0) is 27.9. The van der Waals surface area contributed by atoms with E-state index in [0.29, 0.717) is 5.52 Å². The minimum atomic E-state index is -4.25. The van der Waals surface area contributed by atoms with Crippen LogP contribution in [-0.2, 0) is 23.1 Å². The summed E-state index contributed by atoms with van der Waals surface area (Å²) in [5.74, 6) is 0.943. The summed E-state index contributed by atoms with van der Waals surface area (Å²) in [6, 6.07) is 4.70. The van der Waals surface area contributed by atoms with Gasteiger partial charge in [0.1, 0.15) is 5.82 Å². The highest BCUT2D eigenvalue weighted by Gasteiger charge is 2.19. The van der Waals surface area contributed by atoms with Crippen LogP contribution in [0, 0.1) is 0 Å². The summed E-state index contributed by atoms with van der Waals surface area (Å²) in [5.41, 5.74) is 7.66. The average Bonchev–Trinajstić information content (AvgIpc) is 3.23. The van der Waals surface area contributed by atoms with E-state index in [-0.39, 0.29) is 10.4 Å². The minimum absolute atomic E-state index is 0.110. The molecule has 38 heavy (non-hydrogen) atoms. The molecule has 0 saturated carbocycles. The number of hydrogen-bond donors (Lipinski definition) is 2. The Labute approximate surface area is 232 Å². The lowest BCUT2D eigenvalue weighted by Gasteiger charge is -2.22. The molecule has 0 aliphatic carbocycles. The third kappa shape index (κ3) is 12.2. The maximum atomic E-state index is 11.6. The minimum Gasteiger partial charge on any atom is -0.328 e. The zero-order valence-corrected chi connectivity index (χ0v) is 25.3. The Hall–Kier alpha value is -1.44. The van der Waals surface area contributed by atoms with Gasteiger partial charge in [0, 0.05) is 18.5 Å². The molecular weight excluding hydrogens is 494 g/mol. The van der Waals surface area contributed by atoms with E-state index < -0.39 is 10.1 Å². The van der Waals surface area contributed by atoms with Gasteiger partial charge in [0.05, 0.1) is 15.9 Å². The van der Waals surface area contributed by atoms with Gasteiger partial charge in [-0.2, -0.15) is 8.42 Å². The molecule has 0 aliphatic rings. The van der Waals surface area contributed by atoms with Crippen molar-refractivity contribution < 1.29 is 13.0 Å². The fourth-order valence-electron chi connectivity index (χ4n) is 5.15. The molecule has 1 heterocycles. The Morgan fingerprint density at radius 1 is 0.842 bits per heavy atom. The molecule has 0 saturated heterocycles. The molecular formula is C31H55N3O3S. The first-order valence-electron chi connectivity index (χ1n) is 15.4. The lowest BCUT2D eigenvalue weighted by Crippen LogP contribution is -2.35. The lowest BCUT2D eigenvalue weighted by molar-refractivity contribution is 0.410. The summed E-state index contributed by atoms with van der Waals surface area (Å²) in [6.07, 6.45) is 24.0. The van der Waals surface area contributed by atoms with Crippen molar-refractivity contribution in [1.82, 2.24) is 9.55 Å². The second-order valence-electron chi connectivity index (χ2n) is 11.6. The predicted octanol–water partition coefficient (Wildman–Crippen LogP) is 8.60. The number of aromatic nitrogens is 2. The summed E-state index contributed by atoms with van der Waals surface area (Å²) < 4.78 is 34.9. The highest BCUT2D eigenvalue weighted by Crippen LogP contribution is 2.24. The van der Waals surface area contributed by atoms with Gasteiger partial charge >= 0.3 is 0 Å². The van der Waals surface area contributed by atoms with Crippen LogP contribution >= 0.6 is 0 Å². The molecule has 3 N–H and O–H groups in total. The van der Waals surface area contributed by atoms with Crippen LogP contribution in [0.3, 0.4) is 0 Å². The molecule has 1 aromatic carbocycles. The molecule has 0 unspecified atom stereocenters. The number of fused-ring (bicyclic) bond motifs is 1. The fourth-order valence-corrected chi connectivity index (χ4v) is 5.65. The summed E-state index contributed by atoms with van der Waals surface area (Å²) >= 11 is 0. The summed E-state index contributed by atoms with van der Waals surface area (Å²) in [4.78, 5) is 4.64. The van der Waals surface area contributed by atoms with Gasteiger partial charge in [-0.05, 0) is 44.4 Å². The van der Waals surface area contributed by atoms with Crippen molar-refractivity contribution in [3.8, 4) is 0 Å². The van der Waals surface area contributed by atoms with Crippen molar-refractivity contribution in [2.24, 2.45) is 5.73 Å². The Bertz CT molecular complexity index is 1030. The molecule has 0 spiro atoms. The van der Waals surface area contributed by atoms with Crippen LogP contribution in [0.4, 0.5) is 0 Å². The number of hydrogen-bond acceptors (Lipinski definition) is 4. The monoisotopic (exact) mass is 549 g/mol. The SMILES string of the molecule is CCCCCCCCCCCCCCCCCCn1c(CC[C@](C)(N)CC)nc2cc(S(=O)(=O)O)ccc21. The molecule has 1 aromatic heterocycles. The summed E-state index contributed by atoms with van der Waals surface area (Å²) in [7, 11) is -4.25. The first kappa shape index (κ1) is 32.8. The van der Waals surface area contributed by atoms with Crippen LogP contribution in [0.1, 0.15) is 142 Å². The predicted molar refractivity (Wildman–Crippen MR) is 160 cm³/mol. The molecule has 218 valence electrons. The Balaban J connectivity index is 1.72. The molecule has 2 rings (SSSR count). The molecule has 7 heteroatoms. The van der Waals surface area contributed by atoms with Crippen molar-refractivity contribution in [3.05, 3.63) is 24.0 Å². The van der Waals surface area contributed by atoms with Crippen molar-refractivity contribution in [2.45, 2.75) is 160 Å². The first-order chi connectivity index (χ1) is 18.2. The highest BCUT2D eigenvalue weighted by molar-refractivity contribution is 7.85. The largest absolute Gasteiger partial charge is 0.328 e. The molecule has 0 amide bonds. The van der Waals surface area contributed by atoms with E-state index in [9.17, 15) is 13.0 Å². The number of rotatable bonds is 22. The van der Waals surface area contributed by atoms with Crippen LogP contribution in [-0.4, -0.2) is 28.1 Å². The maximum absolute atomic E-state index is 11.6. The molecule has 6 nitrogen and oxygen atoms in total. The van der Waals surface area contributed by atoms with E-state index in [2.05, 4.69) is 25.3 Å². The van der Waals surface area contributed by atoms with Gasteiger partial charge < -0.3 is 10.3 Å². The first-order valence-corrected chi connectivity index (χ1v) is 16.9. The average molecular weight is 550 g/mol. The van der Waals surface area contributed by atoms with Gasteiger partial charge in [-0.1, -0.05) is 110 Å². The van der Waals surface area contributed by atoms with Gasteiger partial charge in [-0.15, -0.1) is 0 Å². The maximum Gasteiger partial charge on any atom is 0.294 e. The Morgan fingerprint density at radius 2 is 1.34 bits per heavy atom. The van der Waals surface area contributed by atoms with Crippen LogP contribution in [0.2, 0.25) is 0 Å². The number of nitrogens with zero attached hydrogens (tertiary/aromatic N) is 2. The quantitative estimate of drug-likeness (QED) is 0.113. The van der Waals surface area contributed by atoms with Gasteiger partial charge in [0.2, 0.25) is 0 Å². The van der Waals surface area contributed by atoms with Gasteiger partial charge in [0.25, 0.3) is 10.1 Å². The number of nitrogens with two attached hydrogens (primary N) is 1. The van der Waals surface area contributed by atoms with Crippen molar-refractivity contribution in [1.29, 1.82) is 0 Å². The fraction of sp³-hybridized carbons (Fsp3) is 0.774. The second kappa shape index (κ2) is 17.3. The highest BCUT2D eigenvalue weighted by atomic mass is 32.2. The third-order valence-electron chi connectivity index (χ3n) is 8.06. The van der Waals surface area contributed by atoms with Gasteiger partial charge in [-0.25, -0.2) is 4.98 Å². The third-order valence-corrected chi connectivity index (χ3v) is 8.91. The smallest absolute Gasteiger partial charge is 0.294 e. The molecule has 1 atom stereocenters. The van der Waals surface area contributed by atoms with Crippen molar-refractivity contribution in [3.63, 3.8) is 0 Å². The molecule has 0 radical (unpaired) electrons. The topological polar surface area (TPSA) is 98.2 Å². The molecule has 2 aromatic rings. The van der Waals surface area contributed by atoms with Gasteiger partial charge in [0.15, 0.2) is 0 Å². The summed E-state index contributed by atoms with van der Waals surface area (Å²) in [6.45, 7) is 7.30. The van der Waals surface area contributed by atoms with Crippen LogP contribution < -0.4 is 5.73 Å². The van der Waals surface area contributed by atoms with E-state index in [1.165, 1.54) is 108 Å². The molecule has 0 aliphatic heterocycles. The molecule has 0 bridgehead atoms. The standard InChI is InChI=1S/C31H55N3O3S/c1-4-6-7-8-9-10-11-12-13-14-15-16-17-18-19-20-25-34-29-22-21-27(38(35,36)37)26-28(29)33-30(34)23-24-31(3,32)5-2/h21-22,26H,4-20,23-25,32H2,1-3H3,(H,35,36,37)/t31-/m1/s1. The Morgan fingerprint density at radius 3 is 1.82 bits per heavy atom. The summed E-state index contributed by atoms with van der Waals surface area (Å²) in [5, 5.41) is 0. The number of imidazole rings is 1. The van der Waals surface area contributed by atoms with Gasteiger partial charge in [-0.3, -0.25) is 4.55 Å². The number of benzene rings is 1. The van der Waals surface area contributed by atoms with E-state index in [0.717, 1.165) is 43.6 Å². The zero-order valence-electron chi connectivity index (χ0n) is 24.5. The van der Waals surface area contributed by atoms with Crippen LogP contribution in [0.25, 0.3) is 11.0 Å². The molecule has 0 fully saturated rings.